The summed E-state index contributed by atoms with van der Waals surface area (Å²) in [6, 6.07) is 8.67. The second-order valence-corrected chi connectivity index (χ2v) is 11.2. The SMILES string of the molecule is CCCNC(=O)[C@H](CC)N(Cc1ccc(Cl)cc1Cl)C(=O)CN(c1ccc(F)cc1)S(=O)(=O)N(C)C. The molecule has 8 nitrogen and oxygen atoms in total. The molecule has 0 bridgehead atoms. The van der Waals surface area contributed by atoms with Crippen molar-refractivity contribution in [3.05, 3.63) is 63.9 Å². The normalized spacial score (nSPS) is 12.3. The van der Waals surface area contributed by atoms with Crippen molar-refractivity contribution in [1.29, 1.82) is 0 Å². The topological polar surface area (TPSA) is 90.0 Å². The Kier molecular flexibility index (Phi) is 11.0. The van der Waals surface area contributed by atoms with Gasteiger partial charge in [0.15, 0.2) is 0 Å². The maximum absolute atomic E-state index is 13.7. The third-order valence-electron chi connectivity index (χ3n) is 5.42. The summed E-state index contributed by atoms with van der Waals surface area (Å²) in [5, 5.41) is 3.52. The molecular weight excluding hydrogens is 530 g/mol. The van der Waals surface area contributed by atoms with E-state index in [-0.39, 0.29) is 24.6 Å². The first-order valence-electron chi connectivity index (χ1n) is 11.4. The van der Waals surface area contributed by atoms with Gasteiger partial charge in [-0.1, -0.05) is 43.1 Å². The summed E-state index contributed by atoms with van der Waals surface area (Å²) in [5.74, 6) is -1.54. The van der Waals surface area contributed by atoms with E-state index in [9.17, 15) is 22.4 Å². The van der Waals surface area contributed by atoms with Gasteiger partial charge in [-0.15, -0.1) is 0 Å². The molecule has 1 atom stereocenters. The van der Waals surface area contributed by atoms with Crippen molar-refractivity contribution >= 4 is 50.9 Å². The standard InChI is InChI=1S/C24H31Cl2FN4O4S/c1-5-13-28-24(33)22(6-2)30(15-17-7-8-18(25)14-21(17)26)23(32)16-31(36(34,35)29(3)4)20-11-9-19(27)10-12-20/h7-12,14,22H,5-6,13,15-16H2,1-4H3,(H,28,33)/t22-/m0/s1. The van der Waals surface area contributed by atoms with Gasteiger partial charge in [0.25, 0.3) is 0 Å². The van der Waals surface area contributed by atoms with E-state index in [1.54, 1.807) is 19.1 Å². The van der Waals surface area contributed by atoms with E-state index in [4.69, 9.17) is 23.2 Å². The minimum Gasteiger partial charge on any atom is -0.354 e. The largest absolute Gasteiger partial charge is 0.354 e. The van der Waals surface area contributed by atoms with E-state index in [0.717, 1.165) is 20.7 Å². The summed E-state index contributed by atoms with van der Waals surface area (Å²) in [6.07, 6.45) is 0.988. The third kappa shape index (κ3) is 7.55. The summed E-state index contributed by atoms with van der Waals surface area (Å²) < 4.78 is 41.6. The number of halogens is 3. The van der Waals surface area contributed by atoms with Crippen LogP contribution in [0.1, 0.15) is 32.3 Å². The zero-order chi connectivity index (χ0) is 27.0. The molecule has 2 aromatic rings. The summed E-state index contributed by atoms with van der Waals surface area (Å²) in [4.78, 5) is 28.0. The van der Waals surface area contributed by atoms with E-state index in [1.807, 2.05) is 6.92 Å². The molecule has 2 amide bonds. The molecule has 0 aliphatic carbocycles. The van der Waals surface area contributed by atoms with E-state index in [2.05, 4.69) is 5.32 Å². The molecule has 2 aromatic carbocycles. The molecule has 0 saturated carbocycles. The molecule has 1 N–H and O–H groups in total. The molecule has 0 heterocycles. The lowest BCUT2D eigenvalue weighted by atomic mass is 10.1. The van der Waals surface area contributed by atoms with Crippen LogP contribution >= 0.6 is 23.2 Å². The maximum atomic E-state index is 13.7. The fraction of sp³-hybridized carbons (Fsp3) is 0.417. The molecule has 36 heavy (non-hydrogen) atoms. The number of carbonyl (C=O) groups is 2. The number of nitrogens with zero attached hydrogens (tertiary/aromatic N) is 3. The minimum absolute atomic E-state index is 0.0494. The van der Waals surface area contributed by atoms with E-state index < -0.39 is 34.5 Å². The molecule has 0 spiro atoms. The molecule has 198 valence electrons. The van der Waals surface area contributed by atoms with E-state index >= 15 is 0 Å². The van der Waals surface area contributed by atoms with Gasteiger partial charge in [0.2, 0.25) is 11.8 Å². The van der Waals surface area contributed by atoms with Gasteiger partial charge in [-0.3, -0.25) is 9.59 Å². The molecule has 0 radical (unpaired) electrons. The first-order chi connectivity index (χ1) is 16.9. The first kappa shape index (κ1) is 29.8. The van der Waals surface area contributed by atoms with Crippen molar-refractivity contribution in [1.82, 2.24) is 14.5 Å². The van der Waals surface area contributed by atoms with Crippen molar-refractivity contribution < 1.29 is 22.4 Å². The Labute approximate surface area is 222 Å². The first-order valence-corrected chi connectivity index (χ1v) is 13.5. The molecule has 0 aromatic heterocycles. The number of amides is 2. The van der Waals surface area contributed by atoms with Crippen LogP contribution in [0.2, 0.25) is 10.0 Å². The fourth-order valence-corrected chi connectivity index (χ4v) is 4.97. The smallest absolute Gasteiger partial charge is 0.304 e. The highest BCUT2D eigenvalue weighted by Crippen LogP contribution is 2.25. The van der Waals surface area contributed by atoms with Crippen LogP contribution in [0.5, 0.6) is 0 Å². The van der Waals surface area contributed by atoms with E-state index in [0.29, 0.717) is 28.6 Å². The summed E-state index contributed by atoms with van der Waals surface area (Å²) in [6.45, 7) is 3.43. The average molecular weight is 562 g/mol. The highest BCUT2D eigenvalue weighted by Gasteiger charge is 2.34. The Hall–Kier alpha value is -2.40. The van der Waals surface area contributed by atoms with Gasteiger partial charge in [-0.25, -0.2) is 8.70 Å². The van der Waals surface area contributed by atoms with Crippen LogP contribution < -0.4 is 9.62 Å². The Morgan fingerprint density at radius 2 is 1.69 bits per heavy atom. The predicted octanol–water partition coefficient (Wildman–Crippen LogP) is 4.08. The van der Waals surface area contributed by atoms with Crippen molar-refractivity contribution in [3.8, 4) is 0 Å². The lowest BCUT2D eigenvalue weighted by molar-refractivity contribution is -0.140. The van der Waals surface area contributed by atoms with Crippen LogP contribution in [-0.2, 0) is 26.3 Å². The number of hydrogen-bond acceptors (Lipinski definition) is 4. The van der Waals surface area contributed by atoms with Gasteiger partial charge in [0, 0.05) is 37.2 Å². The zero-order valence-corrected chi connectivity index (χ0v) is 23.0. The second-order valence-electron chi connectivity index (χ2n) is 8.25. The average Bonchev–Trinajstić information content (AvgIpc) is 2.82. The third-order valence-corrected chi connectivity index (χ3v) is 7.83. The van der Waals surface area contributed by atoms with Crippen LogP contribution in [0, 0.1) is 5.82 Å². The Morgan fingerprint density at radius 3 is 2.22 bits per heavy atom. The summed E-state index contributed by atoms with van der Waals surface area (Å²) in [5.41, 5.74) is 0.645. The fourth-order valence-electron chi connectivity index (χ4n) is 3.44. The highest BCUT2D eigenvalue weighted by atomic mass is 35.5. The number of carbonyl (C=O) groups excluding carboxylic acids is 2. The Bertz CT molecular complexity index is 1160. The molecule has 0 fully saturated rings. The molecule has 0 aliphatic rings. The van der Waals surface area contributed by atoms with Gasteiger partial charge in [-0.05, 0) is 54.8 Å². The molecule has 2 rings (SSSR count). The van der Waals surface area contributed by atoms with Gasteiger partial charge >= 0.3 is 10.2 Å². The zero-order valence-electron chi connectivity index (χ0n) is 20.7. The second kappa shape index (κ2) is 13.2. The predicted molar refractivity (Wildman–Crippen MR) is 141 cm³/mol. The number of anilines is 1. The molecular formula is C24H31Cl2FN4O4S. The maximum Gasteiger partial charge on any atom is 0.304 e. The Morgan fingerprint density at radius 1 is 1.06 bits per heavy atom. The van der Waals surface area contributed by atoms with Gasteiger partial charge in [-0.2, -0.15) is 12.7 Å². The minimum atomic E-state index is -4.13. The van der Waals surface area contributed by atoms with Crippen LogP contribution in [0.15, 0.2) is 42.5 Å². The number of nitrogens with one attached hydrogen (secondary N) is 1. The molecule has 12 heteroatoms. The van der Waals surface area contributed by atoms with Crippen molar-refractivity contribution in [2.45, 2.75) is 39.3 Å². The number of hydrogen-bond donors (Lipinski definition) is 1. The van der Waals surface area contributed by atoms with Crippen LogP contribution in [0.3, 0.4) is 0 Å². The number of rotatable bonds is 12. The quantitative estimate of drug-likeness (QED) is 0.423. The molecule has 0 saturated heterocycles. The van der Waals surface area contributed by atoms with Gasteiger partial charge in [0.05, 0.1) is 5.69 Å². The molecule has 0 aliphatic heterocycles. The Balaban J connectivity index is 2.51. The van der Waals surface area contributed by atoms with Crippen molar-refractivity contribution in [2.75, 3.05) is 31.5 Å². The van der Waals surface area contributed by atoms with Crippen LogP contribution in [0.25, 0.3) is 0 Å². The van der Waals surface area contributed by atoms with Crippen LogP contribution in [-0.4, -0.2) is 62.7 Å². The number of benzene rings is 2. The summed E-state index contributed by atoms with van der Waals surface area (Å²) in [7, 11) is -1.48. The van der Waals surface area contributed by atoms with Crippen LogP contribution in [0.4, 0.5) is 10.1 Å². The lowest BCUT2D eigenvalue weighted by Crippen LogP contribution is -2.53. The van der Waals surface area contributed by atoms with Gasteiger partial charge < -0.3 is 10.2 Å². The monoisotopic (exact) mass is 560 g/mol. The molecule has 0 unspecified atom stereocenters. The van der Waals surface area contributed by atoms with Crippen molar-refractivity contribution in [2.24, 2.45) is 0 Å². The van der Waals surface area contributed by atoms with Gasteiger partial charge in [0.1, 0.15) is 18.4 Å². The van der Waals surface area contributed by atoms with E-state index in [1.165, 1.54) is 37.2 Å². The lowest BCUT2D eigenvalue weighted by Gasteiger charge is -2.34. The summed E-state index contributed by atoms with van der Waals surface area (Å²) >= 11 is 12.4. The highest BCUT2D eigenvalue weighted by molar-refractivity contribution is 7.90. The van der Waals surface area contributed by atoms with Crippen molar-refractivity contribution in [3.63, 3.8) is 0 Å².